The molecule has 0 heterocycles. The monoisotopic (exact) mass is 223 g/mol. The number of nitro groups is 1. The minimum atomic E-state index is -0.500. The third-order valence-corrected chi connectivity index (χ3v) is 2.44. The Bertz CT molecular complexity index is 318. The molecule has 0 bridgehead atoms. The molecule has 88 valence electrons. The lowest BCUT2D eigenvalue weighted by Gasteiger charge is -2.08. The van der Waals surface area contributed by atoms with Crippen LogP contribution in [0.4, 0.5) is 0 Å². The van der Waals surface area contributed by atoms with E-state index in [9.17, 15) is 5.11 Å². The van der Waals surface area contributed by atoms with Gasteiger partial charge >= 0.3 is 0 Å². The summed E-state index contributed by atoms with van der Waals surface area (Å²) in [5.74, 6) is 0.792. The normalized spacial score (nSPS) is 15.9. The highest BCUT2D eigenvalue weighted by atomic mass is 16.6. The second-order valence-electron chi connectivity index (χ2n) is 4.05. The second-order valence-corrected chi connectivity index (χ2v) is 4.05. The SMILES string of the molecule is C[N+](=O)[O-].OC(CC1CC1)c1ccccc1. The van der Waals surface area contributed by atoms with E-state index in [0.29, 0.717) is 0 Å². The van der Waals surface area contributed by atoms with Crippen molar-refractivity contribution in [3.05, 3.63) is 46.0 Å². The number of benzene rings is 1. The second kappa shape index (κ2) is 6.23. The molecule has 4 nitrogen and oxygen atoms in total. The average Bonchev–Trinajstić information content (AvgIpc) is 3.02. The summed E-state index contributed by atoms with van der Waals surface area (Å²) >= 11 is 0. The van der Waals surface area contributed by atoms with Crippen molar-refractivity contribution in [3.8, 4) is 0 Å². The van der Waals surface area contributed by atoms with Crippen LogP contribution in [0.25, 0.3) is 0 Å². The zero-order valence-corrected chi connectivity index (χ0v) is 9.37. The van der Waals surface area contributed by atoms with Crippen LogP contribution in [0.5, 0.6) is 0 Å². The summed E-state index contributed by atoms with van der Waals surface area (Å²) in [6.45, 7) is 0. The Hall–Kier alpha value is -1.42. The number of hydrogen-bond acceptors (Lipinski definition) is 3. The minimum Gasteiger partial charge on any atom is -0.388 e. The minimum absolute atomic E-state index is 0.237. The van der Waals surface area contributed by atoms with Crippen molar-refractivity contribution in [2.45, 2.75) is 25.4 Å². The summed E-state index contributed by atoms with van der Waals surface area (Å²) in [5, 5.41) is 18.5. The molecule has 4 heteroatoms. The molecule has 16 heavy (non-hydrogen) atoms. The highest BCUT2D eigenvalue weighted by molar-refractivity contribution is 5.17. The first-order valence-electron chi connectivity index (χ1n) is 5.40. The highest BCUT2D eigenvalue weighted by Crippen LogP contribution is 2.37. The summed E-state index contributed by atoms with van der Waals surface area (Å²) in [5.41, 5.74) is 1.06. The van der Waals surface area contributed by atoms with Crippen molar-refractivity contribution in [2.75, 3.05) is 7.05 Å². The fourth-order valence-corrected chi connectivity index (χ4v) is 1.48. The third-order valence-electron chi connectivity index (χ3n) is 2.44. The van der Waals surface area contributed by atoms with Gasteiger partial charge in [-0.25, -0.2) is 0 Å². The molecular weight excluding hydrogens is 206 g/mol. The van der Waals surface area contributed by atoms with Crippen LogP contribution in [0.3, 0.4) is 0 Å². The van der Waals surface area contributed by atoms with Crippen LogP contribution < -0.4 is 0 Å². The van der Waals surface area contributed by atoms with Crippen molar-refractivity contribution in [3.63, 3.8) is 0 Å². The van der Waals surface area contributed by atoms with Gasteiger partial charge in [0.15, 0.2) is 7.05 Å². The van der Waals surface area contributed by atoms with E-state index in [1.165, 1.54) is 12.8 Å². The molecule has 1 unspecified atom stereocenters. The molecule has 1 fully saturated rings. The molecule has 1 N–H and O–H groups in total. The molecule has 0 spiro atoms. The maximum Gasteiger partial charge on any atom is 0.194 e. The summed E-state index contributed by atoms with van der Waals surface area (Å²) in [7, 11) is 0.889. The van der Waals surface area contributed by atoms with Gasteiger partial charge in [0.05, 0.1) is 6.10 Å². The van der Waals surface area contributed by atoms with E-state index in [1.807, 2.05) is 30.3 Å². The molecule has 1 saturated carbocycles. The molecule has 0 aliphatic heterocycles. The van der Waals surface area contributed by atoms with Crippen LogP contribution in [0.15, 0.2) is 30.3 Å². The molecule has 0 aromatic heterocycles. The zero-order chi connectivity index (χ0) is 12.0. The summed E-state index contributed by atoms with van der Waals surface area (Å²) in [6, 6.07) is 9.92. The number of aliphatic hydroxyl groups excluding tert-OH is 1. The Morgan fingerprint density at radius 2 is 1.94 bits per heavy atom. The van der Waals surface area contributed by atoms with Gasteiger partial charge < -0.3 is 5.11 Å². The smallest absolute Gasteiger partial charge is 0.194 e. The van der Waals surface area contributed by atoms with Gasteiger partial charge in [-0.1, -0.05) is 43.2 Å². The molecule has 1 aliphatic rings. The van der Waals surface area contributed by atoms with Gasteiger partial charge in [-0.2, -0.15) is 0 Å². The van der Waals surface area contributed by atoms with Gasteiger partial charge in [-0.05, 0) is 17.9 Å². The van der Waals surface area contributed by atoms with Gasteiger partial charge in [-0.15, -0.1) is 0 Å². The summed E-state index contributed by atoms with van der Waals surface area (Å²) < 4.78 is 0. The molecule has 2 rings (SSSR count). The predicted octanol–water partition coefficient (Wildman–Crippen LogP) is 2.41. The number of rotatable bonds is 3. The standard InChI is InChI=1S/C11H14O.CH3NO2/c12-11(8-9-6-7-9)10-4-2-1-3-5-10;1-2(3)4/h1-5,9,11-12H,6-8H2;1H3. The fraction of sp³-hybridized carbons (Fsp3) is 0.500. The van der Waals surface area contributed by atoms with Crippen molar-refractivity contribution in [1.82, 2.24) is 0 Å². The topological polar surface area (TPSA) is 63.4 Å². The molecule has 1 aromatic rings. The highest BCUT2D eigenvalue weighted by Gasteiger charge is 2.24. The van der Waals surface area contributed by atoms with Gasteiger partial charge in [0, 0.05) is 4.92 Å². The molecule has 0 amide bonds. The molecule has 1 atom stereocenters. The Morgan fingerprint density at radius 1 is 1.44 bits per heavy atom. The third kappa shape index (κ3) is 5.46. The summed E-state index contributed by atoms with van der Waals surface area (Å²) in [4.78, 5) is 8.31. The lowest BCUT2D eigenvalue weighted by Crippen LogP contribution is -1.97. The number of hydrogen-bond donors (Lipinski definition) is 1. The van der Waals surface area contributed by atoms with E-state index in [0.717, 1.165) is 24.9 Å². The molecule has 1 aliphatic carbocycles. The maximum absolute atomic E-state index is 9.73. The Labute approximate surface area is 95.1 Å². The number of aliphatic hydroxyl groups is 1. The first-order valence-corrected chi connectivity index (χ1v) is 5.40. The van der Waals surface area contributed by atoms with Crippen LogP contribution in [-0.4, -0.2) is 17.1 Å². The Balaban J connectivity index is 0.000000280. The van der Waals surface area contributed by atoms with Gasteiger partial charge in [-0.3, -0.25) is 10.1 Å². The van der Waals surface area contributed by atoms with E-state index in [2.05, 4.69) is 0 Å². The van der Waals surface area contributed by atoms with E-state index < -0.39 is 4.92 Å². The maximum atomic E-state index is 9.73. The van der Waals surface area contributed by atoms with E-state index >= 15 is 0 Å². The van der Waals surface area contributed by atoms with Gasteiger partial charge in [0.25, 0.3) is 0 Å². The quantitative estimate of drug-likeness (QED) is 0.632. The predicted molar refractivity (Wildman–Crippen MR) is 61.7 cm³/mol. The van der Waals surface area contributed by atoms with E-state index in [-0.39, 0.29) is 6.10 Å². The van der Waals surface area contributed by atoms with Crippen LogP contribution in [0.1, 0.15) is 30.9 Å². The fourth-order valence-electron chi connectivity index (χ4n) is 1.48. The first kappa shape index (κ1) is 12.6. The lowest BCUT2D eigenvalue weighted by molar-refractivity contribution is -0.445. The van der Waals surface area contributed by atoms with Crippen molar-refractivity contribution in [1.29, 1.82) is 0 Å². The Morgan fingerprint density at radius 3 is 2.38 bits per heavy atom. The lowest BCUT2D eigenvalue weighted by atomic mass is 10.0. The van der Waals surface area contributed by atoms with Crippen LogP contribution in [0, 0.1) is 16.0 Å². The van der Waals surface area contributed by atoms with Crippen LogP contribution >= 0.6 is 0 Å². The van der Waals surface area contributed by atoms with Crippen molar-refractivity contribution in [2.24, 2.45) is 5.92 Å². The summed E-state index contributed by atoms with van der Waals surface area (Å²) in [6.07, 6.45) is 3.33. The van der Waals surface area contributed by atoms with Crippen LogP contribution in [0.2, 0.25) is 0 Å². The van der Waals surface area contributed by atoms with Crippen LogP contribution in [-0.2, 0) is 0 Å². The van der Waals surface area contributed by atoms with Crippen molar-refractivity contribution >= 4 is 0 Å². The number of nitrogens with zero attached hydrogens (tertiary/aromatic N) is 1. The molecule has 1 aromatic carbocycles. The zero-order valence-electron chi connectivity index (χ0n) is 9.37. The molecular formula is C12H17NO3. The van der Waals surface area contributed by atoms with Gasteiger partial charge in [0.1, 0.15) is 0 Å². The Kier molecular flexibility index (Phi) is 4.92. The largest absolute Gasteiger partial charge is 0.388 e. The van der Waals surface area contributed by atoms with Crippen molar-refractivity contribution < 1.29 is 10.0 Å². The first-order chi connectivity index (χ1) is 7.59. The van der Waals surface area contributed by atoms with E-state index in [4.69, 9.17) is 10.1 Å². The average molecular weight is 223 g/mol. The van der Waals surface area contributed by atoms with Gasteiger partial charge in [0.2, 0.25) is 0 Å². The van der Waals surface area contributed by atoms with E-state index in [1.54, 1.807) is 0 Å². The molecule has 0 radical (unpaired) electrons. The molecule has 0 saturated heterocycles.